The average Bonchev–Trinajstić information content (AvgIpc) is 3.10. The van der Waals surface area contributed by atoms with Gasteiger partial charge in [-0.2, -0.15) is 10.2 Å². The zero-order valence-corrected chi connectivity index (χ0v) is 20.1. The second kappa shape index (κ2) is 8.05. The lowest BCUT2D eigenvalue weighted by atomic mass is 9.45. The van der Waals surface area contributed by atoms with E-state index in [1.807, 2.05) is 6.21 Å². The van der Waals surface area contributed by atoms with Gasteiger partial charge in [0, 0.05) is 30.9 Å². The predicted octanol–water partition coefficient (Wildman–Crippen LogP) is 6.96. The number of rotatable bonds is 3. The van der Waals surface area contributed by atoms with Crippen LogP contribution in [0.1, 0.15) is 83.6 Å². The Morgan fingerprint density at radius 2 is 1.71 bits per heavy atom. The van der Waals surface area contributed by atoms with Gasteiger partial charge in [-0.1, -0.05) is 38.8 Å². The quantitative estimate of drug-likeness (QED) is 0.384. The van der Waals surface area contributed by atoms with Crippen LogP contribution in [0.2, 0.25) is 0 Å². The fourth-order valence-electron chi connectivity index (χ4n) is 8.27. The smallest absolute Gasteiger partial charge is 0.0568 e. The average molecular weight is 420 g/mol. The van der Waals surface area contributed by atoms with Gasteiger partial charge in [0.05, 0.1) is 6.21 Å². The second-order valence-corrected chi connectivity index (χ2v) is 11.7. The molecule has 4 fully saturated rings. The van der Waals surface area contributed by atoms with Crippen molar-refractivity contribution >= 4 is 17.6 Å². The monoisotopic (exact) mass is 419 g/mol. The summed E-state index contributed by atoms with van der Waals surface area (Å²) >= 11 is 0. The van der Waals surface area contributed by atoms with E-state index in [9.17, 15) is 0 Å². The van der Waals surface area contributed by atoms with Gasteiger partial charge in [-0.3, -0.25) is 0 Å². The summed E-state index contributed by atoms with van der Waals surface area (Å²) in [4.78, 5) is 2.12. The first-order chi connectivity index (χ1) is 14.9. The van der Waals surface area contributed by atoms with Crippen molar-refractivity contribution in [2.75, 3.05) is 19.0 Å². The largest absolute Gasteiger partial charge is 0.378 e. The fraction of sp³-hybridized carbons (Fsp3) is 0.714. The minimum atomic E-state index is 0.283. The van der Waals surface area contributed by atoms with Gasteiger partial charge in [0.25, 0.3) is 0 Å². The number of hydrogen-bond acceptors (Lipinski definition) is 3. The van der Waals surface area contributed by atoms with Crippen LogP contribution in [0, 0.1) is 34.5 Å². The molecule has 0 unspecified atom stereocenters. The molecule has 168 valence electrons. The number of hydrogen-bond donors (Lipinski definition) is 0. The van der Waals surface area contributed by atoms with Gasteiger partial charge < -0.3 is 4.90 Å². The van der Waals surface area contributed by atoms with Crippen LogP contribution in [0.3, 0.4) is 0 Å². The number of fused-ring (bicyclic) bond motifs is 5. The number of benzene rings is 1. The van der Waals surface area contributed by atoms with Crippen LogP contribution in [-0.4, -0.2) is 26.0 Å². The highest BCUT2D eigenvalue weighted by Crippen LogP contribution is 2.65. The second-order valence-electron chi connectivity index (χ2n) is 11.7. The fourth-order valence-corrected chi connectivity index (χ4v) is 8.27. The first kappa shape index (κ1) is 21.2. The molecule has 31 heavy (non-hydrogen) atoms. The molecule has 0 aliphatic heterocycles. The number of nitrogens with zero attached hydrogens (tertiary/aromatic N) is 3. The Labute approximate surface area is 189 Å². The molecule has 4 saturated carbocycles. The molecule has 0 amide bonds. The Kier molecular flexibility index (Phi) is 5.51. The summed E-state index contributed by atoms with van der Waals surface area (Å²) in [6, 6.07) is 8.55. The van der Waals surface area contributed by atoms with E-state index in [4.69, 9.17) is 5.10 Å². The highest BCUT2D eigenvalue weighted by Gasteiger charge is 2.58. The van der Waals surface area contributed by atoms with Gasteiger partial charge in [0.15, 0.2) is 0 Å². The molecule has 1 aromatic rings. The van der Waals surface area contributed by atoms with E-state index in [1.165, 1.54) is 69.2 Å². The lowest BCUT2D eigenvalue weighted by Crippen LogP contribution is -2.52. The molecule has 0 spiro atoms. The predicted molar refractivity (Wildman–Crippen MR) is 132 cm³/mol. The van der Waals surface area contributed by atoms with Crippen LogP contribution in [0.4, 0.5) is 5.69 Å². The van der Waals surface area contributed by atoms with E-state index in [1.54, 1.807) is 0 Å². The molecule has 0 bridgehead atoms. The van der Waals surface area contributed by atoms with E-state index in [0.717, 1.165) is 35.7 Å². The van der Waals surface area contributed by atoms with Crippen LogP contribution in [0.5, 0.6) is 0 Å². The minimum absolute atomic E-state index is 0.283. The molecule has 5 rings (SSSR count). The molecular formula is C28H41N3. The molecular weight excluding hydrogens is 378 g/mol. The SMILES string of the molecule is CN(C)c1ccc(/C=N\N=C2\CC[C@H]3[C@@H]4CC[C@@H]5CCCC[C@]5(C)[C@@H]4CC[C@]23C)cc1. The van der Waals surface area contributed by atoms with Crippen molar-refractivity contribution in [2.45, 2.75) is 78.1 Å². The van der Waals surface area contributed by atoms with Crippen LogP contribution in [0.25, 0.3) is 0 Å². The van der Waals surface area contributed by atoms with Gasteiger partial charge in [-0.25, -0.2) is 0 Å². The molecule has 6 atom stereocenters. The van der Waals surface area contributed by atoms with E-state index >= 15 is 0 Å². The van der Waals surface area contributed by atoms with Crippen LogP contribution >= 0.6 is 0 Å². The third kappa shape index (κ3) is 3.56. The Bertz CT molecular complexity index is 854. The third-order valence-corrected chi connectivity index (χ3v) is 10.1. The summed E-state index contributed by atoms with van der Waals surface area (Å²) in [6.07, 6.45) is 16.1. The maximum Gasteiger partial charge on any atom is 0.0568 e. The molecule has 0 saturated heterocycles. The molecule has 4 aliphatic rings. The van der Waals surface area contributed by atoms with Crippen LogP contribution in [0.15, 0.2) is 34.5 Å². The van der Waals surface area contributed by atoms with Crippen molar-refractivity contribution < 1.29 is 0 Å². The minimum Gasteiger partial charge on any atom is -0.378 e. The topological polar surface area (TPSA) is 28.0 Å². The van der Waals surface area contributed by atoms with Gasteiger partial charge >= 0.3 is 0 Å². The van der Waals surface area contributed by atoms with Gasteiger partial charge in [0.2, 0.25) is 0 Å². The lowest BCUT2D eigenvalue weighted by Gasteiger charge is -2.59. The molecule has 0 aromatic heterocycles. The standard InChI is InChI=1S/C28H41N3/c1-27-17-6-5-7-21(27)10-13-23-24-14-15-26(28(24,2)18-16-25(23)27)30-29-19-20-8-11-22(12-9-20)31(3)4/h8-9,11-12,19,21,23-25H,5-7,10,13-18H2,1-4H3/b29-19-,30-26-/t21-,23-,24-,25+,27-,28-/m0/s1. The maximum atomic E-state index is 4.84. The normalized spacial score (nSPS) is 41.1. The number of anilines is 1. The maximum absolute atomic E-state index is 4.84. The van der Waals surface area contributed by atoms with E-state index in [0.29, 0.717) is 5.41 Å². The van der Waals surface area contributed by atoms with E-state index < -0.39 is 0 Å². The summed E-state index contributed by atoms with van der Waals surface area (Å²) in [5, 5.41) is 9.41. The van der Waals surface area contributed by atoms with Gasteiger partial charge in [0.1, 0.15) is 0 Å². The van der Waals surface area contributed by atoms with Crippen molar-refractivity contribution in [1.82, 2.24) is 0 Å². The zero-order valence-electron chi connectivity index (χ0n) is 20.1. The first-order valence-electron chi connectivity index (χ1n) is 12.8. The zero-order chi connectivity index (χ0) is 21.6. The Balaban J connectivity index is 1.32. The first-order valence-corrected chi connectivity index (χ1v) is 12.8. The van der Waals surface area contributed by atoms with Crippen molar-refractivity contribution in [2.24, 2.45) is 44.7 Å². The summed E-state index contributed by atoms with van der Waals surface area (Å²) in [6.45, 7) is 5.20. The highest BCUT2D eigenvalue weighted by atomic mass is 15.2. The van der Waals surface area contributed by atoms with Gasteiger partial charge in [-0.15, -0.1) is 0 Å². The molecule has 0 N–H and O–H groups in total. The Morgan fingerprint density at radius 3 is 2.48 bits per heavy atom. The highest BCUT2D eigenvalue weighted by molar-refractivity contribution is 5.93. The third-order valence-electron chi connectivity index (χ3n) is 10.1. The molecule has 3 nitrogen and oxygen atoms in total. The molecule has 1 aromatic carbocycles. The van der Waals surface area contributed by atoms with Crippen molar-refractivity contribution in [3.63, 3.8) is 0 Å². The Morgan fingerprint density at radius 1 is 0.903 bits per heavy atom. The Hall–Kier alpha value is -1.64. The van der Waals surface area contributed by atoms with Crippen LogP contribution < -0.4 is 4.90 Å². The molecule has 3 heteroatoms. The van der Waals surface area contributed by atoms with E-state index in [2.05, 4.69) is 62.2 Å². The summed E-state index contributed by atoms with van der Waals surface area (Å²) in [5.41, 5.74) is 4.63. The molecule has 0 radical (unpaired) electrons. The molecule has 4 aliphatic carbocycles. The van der Waals surface area contributed by atoms with Crippen molar-refractivity contribution in [3.8, 4) is 0 Å². The van der Waals surface area contributed by atoms with Gasteiger partial charge in [-0.05, 0) is 98.1 Å². The summed E-state index contributed by atoms with van der Waals surface area (Å²) in [7, 11) is 4.14. The van der Waals surface area contributed by atoms with Crippen molar-refractivity contribution in [1.29, 1.82) is 0 Å². The lowest BCUT2D eigenvalue weighted by molar-refractivity contribution is -0.0936. The summed E-state index contributed by atoms with van der Waals surface area (Å²) < 4.78 is 0. The van der Waals surface area contributed by atoms with E-state index in [-0.39, 0.29) is 5.41 Å². The van der Waals surface area contributed by atoms with Crippen LogP contribution in [-0.2, 0) is 0 Å². The van der Waals surface area contributed by atoms with Crippen molar-refractivity contribution in [3.05, 3.63) is 29.8 Å². The molecule has 0 heterocycles. The summed E-state index contributed by atoms with van der Waals surface area (Å²) in [5.74, 6) is 3.72.